The standard InChI is InChI=1S/C17H21Cl2NO6/c1-8(21)20-13-14(22)15-12(7-23-17(2,3)26-15)25-16(13)24-11-5-4-9(18)6-10(11)19/h4-6,12-16,22H,7H2,1-3H3,(H,20,21)/t12-,13+,14+,15+,16-/m1/s1. The van der Waals surface area contributed by atoms with E-state index >= 15 is 0 Å². The minimum absolute atomic E-state index is 0.218. The summed E-state index contributed by atoms with van der Waals surface area (Å²) in [7, 11) is 0. The molecule has 144 valence electrons. The van der Waals surface area contributed by atoms with Crippen molar-refractivity contribution in [3.63, 3.8) is 0 Å². The highest BCUT2D eigenvalue weighted by Gasteiger charge is 2.52. The Morgan fingerprint density at radius 3 is 2.77 bits per heavy atom. The second kappa shape index (κ2) is 7.50. The van der Waals surface area contributed by atoms with Gasteiger partial charge in [0.1, 0.15) is 30.1 Å². The summed E-state index contributed by atoms with van der Waals surface area (Å²) in [4.78, 5) is 11.6. The highest BCUT2D eigenvalue weighted by Crippen LogP contribution is 2.35. The quantitative estimate of drug-likeness (QED) is 0.800. The van der Waals surface area contributed by atoms with Crippen molar-refractivity contribution in [1.29, 1.82) is 0 Å². The summed E-state index contributed by atoms with van der Waals surface area (Å²) in [5.74, 6) is -0.877. The lowest BCUT2D eigenvalue weighted by Gasteiger charge is -2.49. The molecule has 1 amide bonds. The molecule has 5 atom stereocenters. The van der Waals surface area contributed by atoms with Crippen LogP contribution in [0.4, 0.5) is 0 Å². The summed E-state index contributed by atoms with van der Waals surface area (Å²) in [6.07, 6.45) is -3.27. The SMILES string of the molecule is CC(=O)N[C@@H]1[C@H](Oc2ccc(Cl)cc2Cl)O[C@@H]2COC(C)(C)O[C@@H]2[C@H]1O. The first-order chi connectivity index (χ1) is 12.2. The average Bonchev–Trinajstić information content (AvgIpc) is 2.53. The van der Waals surface area contributed by atoms with Crippen LogP contribution < -0.4 is 10.1 Å². The summed E-state index contributed by atoms with van der Waals surface area (Å²) in [6, 6.07) is 3.89. The van der Waals surface area contributed by atoms with Crippen molar-refractivity contribution in [1.82, 2.24) is 5.32 Å². The first-order valence-electron chi connectivity index (χ1n) is 8.20. The Hall–Kier alpha value is -1.09. The zero-order chi connectivity index (χ0) is 19.1. The van der Waals surface area contributed by atoms with Gasteiger partial charge in [-0.1, -0.05) is 23.2 Å². The zero-order valence-corrected chi connectivity index (χ0v) is 16.1. The summed E-state index contributed by atoms with van der Waals surface area (Å²) >= 11 is 12.0. The first kappa shape index (κ1) is 19.7. The number of benzene rings is 1. The maximum absolute atomic E-state index is 11.6. The number of halogens is 2. The Kier molecular flexibility index (Phi) is 5.67. The summed E-state index contributed by atoms with van der Waals surface area (Å²) < 4.78 is 23.1. The van der Waals surface area contributed by atoms with Crippen molar-refractivity contribution in [3.8, 4) is 5.75 Å². The highest BCUT2D eigenvalue weighted by atomic mass is 35.5. The van der Waals surface area contributed by atoms with E-state index in [2.05, 4.69) is 5.32 Å². The summed E-state index contributed by atoms with van der Waals surface area (Å²) in [5.41, 5.74) is 0. The summed E-state index contributed by atoms with van der Waals surface area (Å²) in [5, 5.41) is 14.2. The van der Waals surface area contributed by atoms with E-state index in [1.54, 1.807) is 26.0 Å². The number of rotatable bonds is 3. The first-order valence-corrected chi connectivity index (χ1v) is 8.96. The van der Waals surface area contributed by atoms with E-state index in [1.165, 1.54) is 13.0 Å². The highest BCUT2D eigenvalue weighted by molar-refractivity contribution is 6.35. The van der Waals surface area contributed by atoms with Gasteiger partial charge >= 0.3 is 0 Å². The molecule has 0 aromatic heterocycles. The molecule has 26 heavy (non-hydrogen) atoms. The lowest BCUT2D eigenvalue weighted by molar-refractivity contribution is -0.361. The third-order valence-corrected chi connectivity index (χ3v) is 4.73. The predicted octanol–water partition coefficient (Wildman–Crippen LogP) is 2.11. The number of aliphatic hydroxyl groups is 1. The minimum Gasteiger partial charge on any atom is -0.461 e. The predicted molar refractivity (Wildman–Crippen MR) is 94.3 cm³/mol. The molecular weight excluding hydrogens is 385 g/mol. The van der Waals surface area contributed by atoms with Crippen LogP contribution in [0.3, 0.4) is 0 Å². The monoisotopic (exact) mass is 405 g/mol. The smallest absolute Gasteiger partial charge is 0.223 e. The average molecular weight is 406 g/mol. The Bertz CT molecular complexity index is 685. The lowest BCUT2D eigenvalue weighted by Crippen LogP contribution is -2.69. The number of amides is 1. The van der Waals surface area contributed by atoms with Gasteiger partial charge in [-0.05, 0) is 32.0 Å². The van der Waals surface area contributed by atoms with Crippen LogP contribution in [0.15, 0.2) is 18.2 Å². The molecule has 0 aliphatic carbocycles. The zero-order valence-electron chi connectivity index (χ0n) is 14.6. The van der Waals surface area contributed by atoms with Crippen molar-refractivity contribution >= 4 is 29.1 Å². The Labute approximate surface area is 161 Å². The van der Waals surface area contributed by atoms with Gasteiger partial charge in [0.25, 0.3) is 0 Å². The Balaban J connectivity index is 1.84. The van der Waals surface area contributed by atoms with E-state index in [1.807, 2.05) is 0 Å². The molecule has 0 unspecified atom stereocenters. The van der Waals surface area contributed by atoms with E-state index < -0.39 is 36.4 Å². The van der Waals surface area contributed by atoms with Crippen molar-refractivity contribution in [2.75, 3.05) is 6.61 Å². The molecule has 7 nitrogen and oxygen atoms in total. The fourth-order valence-electron chi connectivity index (χ4n) is 3.03. The third-order valence-electron chi connectivity index (χ3n) is 4.20. The van der Waals surface area contributed by atoms with Gasteiger partial charge in [0.15, 0.2) is 5.79 Å². The van der Waals surface area contributed by atoms with Gasteiger partial charge < -0.3 is 29.4 Å². The van der Waals surface area contributed by atoms with Gasteiger partial charge in [0, 0.05) is 11.9 Å². The molecule has 2 aliphatic rings. The Morgan fingerprint density at radius 1 is 1.38 bits per heavy atom. The van der Waals surface area contributed by atoms with E-state index in [9.17, 15) is 9.90 Å². The lowest BCUT2D eigenvalue weighted by atomic mass is 9.95. The van der Waals surface area contributed by atoms with Crippen molar-refractivity contribution in [2.45, 2.75) is 57.2 Å². The molecular formula is C17H21Cl2NO6. The Morgan fingerprint density at radius 2 is 2.12 bits per heavy atom. The van der Waals surface area contributed by atoms with E-state index in [0.717, 1.165) is 0 Å². The van der Waals surface area contributed by atoms with Gasteiger partial charge in [0.2, 0.25) is 12.2 Å². The van der Waals surface area contributed by atoms with Crippen LogP contribution in [-0.4, -0.2) is 54.1 Å². The molecule has 0 saturated carbocycles. The van der Waals surface area contributed by atoms with Gasteiger partial charge in [-0.3, -0.25) is 4.79 Å². The van der Waals surface area contributed by atoms with E-state index in [-0.39, 0.29) is 17.5 Å². The van der Waals surface area contributed by atoms with Crippen LogP contribution in [0.2, 0.25) is 10.0 Å². The van der Waals surface area contributed by atoms with Crippen molar-refractivity contribution in [3.05, 3.63) is 28.2 Å². The van der Waals surface area contributed by atoms with Gasteiger partial charge in [-0.25, -0.2) is 0 Å². The van der Waals surface area contributed by atoms with Gasteiger partial charge in [-0.2, -0.15) is 0 Å². The molecule has 2 N–H and O–H groups in total. The van der Waals surface area contributed by atoms with Crippen molar-refractivity contribution < 1.29 is 28.8 Å². The molecule has 0 spiro atoms. The number of nitrogens with one attached hydrogen (secondary N) is 1. The van der Waals surface area contributed by atoms with Crippen molar-refractivity contribution in [2.24, 2.45) is 0 Å². The third kappa shape index (κ3) is 4.24. The van der Waals surface area contributed by atoms with Gasteiger partial charge in [0.05, 0.1) is 11.6 Å². The molecule has 1 aromatic carbocycles. The maximum atomic E-state index is 11.6. The molecule has 0 bridgehead atoms. The molecule has 9 heteroatoms. The molecule has 2 saturated heterocycles. The van der Waals surface area contributed by atoms with Crippen LogP contribution in [0.25, 0.3) is 0 Å². The number of hydrogen-bond donors (Lipinski definition) is 2. The number of aliphatic hydroxyl groups excluding tert-OH is 1. The van der Waals surface area contributed by atoms with Crippen LogP contribution in [-0.2, 0) is 19.0 Å². The fourth-order valence-corrected chi connectivity index (χ4v) is 3.48. The van der Waals surface area contributed by atoms with E-state index in [0.29, 0.717) is 10.8 Å². The molecule has 2 aliphatic heterocycles. The topological polar surface area (TPSA) is 86.3 Å². The second-order valence-electron chi connectivity index (χ2n) is 6.75. The number of carbonyl (C=O) groups excluding carboxylic acids is 1. The molecule has 2 heterocycles. The molecule has 0 radical (unpaired) electrons. The normalized spacial score (nSPS) is 33.2. The van der Waals surface area contributed by atoms with Gasteiger partial charge in [-0.15, -0.1) is 0 Å². The number of fused-ring (bicyclic) bond motifs is 1. The van der Waals surface area contributed by atoms with E-state index in [4.69, 9.17) is 42.1 Å². The fraction of sp³-hybridized carbons (Fsp3) is 0.588. The minimum atomic E-state index is -1.06. The summed E-state index contributed by atoms with van der Waals surface area (Å²) in [6.45, 7) is 5.06. The second-order valence-corrected chi connectivity index (χ2v) is 7.59. The number of ether oxygens (including phenoxy) is 4. The largest absolute Gasteiger partial charge is 0.461 e. The van der Waals surface area contributed by atoms with Crippen LogP contribution in [0, 0.1) is 0 Å². The maximum Gasteiger partial charge on any atom is 0.223 e. The molecule has 2 fully saturated rings. The van der Waals surface area contributed by atoms with Crippen LogP contribution in [0.5, 0.6) is 5.75 Å². The molecule has 3 rings (SSSR count). The molecule has 1 aromatic rings. The number of carbonyl (C=O) groups is 1. The number of hydrogen-bond acceptors (Lipinski definition) is 6. The van der Waals surface area contributed by atoms with Crippen LogP contribution in [0.1, 0.15) is 20.8 Å². The van der Waals surface area contributed by atoms with Crippen LogP contribution >= 0.6 is 23.2 Å².